The minimum Gasteiger partial charge on any atom is -0.326 e. The van der Waals surface area contributed by atoms with Crippen molar-refractivity contribution in [3.63, 3.8) is 0 Å². The van der Waals surface area contributed by atoms with Crippen LogP contribution in [0.5, 0.6) is 0 Å². The summed E-state index contributed by atoms with van der Waals surface area (Å²) in [5.74, 6) is 0. The van der Waals surface area contributed by atoms with E-state index >= 15 is 0 Å². The third kappa shape index (κ3) is 3.04. The van der Waals surface area contributed by atoms with E-state index in [9.17, 15) is 10.1 Å². The zero-order valence-corrected chi connectivity index (χ0v) is 7.01. The minimum absolute atomic E-state index is 0.445. The van der Waals surface area contributed by atoms with E-state index < -0.39 is 4.92 Å². The molecule has 0 aliphatic rings. The van der Waals surface area contributed by atoms with Gasteiger partial charge in [0.15, 0.2) is 0 Å². The molecular weight excluding hydrogens is 168 g/mol. The van der Waals surface area contributed by atoms with Gasteiger partial charge in [-0.25, -0.2) is 0 Å². The summed E-state index contributed by atoms with van der Waals surface area (Å²) in [6, 6.07) is 7.31. The molecule has 4 nitrogen and oxygen atoms in total. The van der Waals surface area contributed by atoms with Crippen molar-refractivity contribution in [3.05, 3.63) is 51.7 Å². The molecule has 0 fully saturated rings. The van der Waals surface area contributed by atoms with Crippen molar-refractivity contribution >= 4 is 6.08 Å². The van der Waals surface area contributed by atoms with Gasteiger partial charge in [-0.3, -0.25) is 10.1 Å². The van der Waals surface area contributed by atoms with E-state index in [1.54, 1.807) is 6.07 Å². The van der Waals surface area contributed by atoms with E-state index in [-0.39, 0.29) is 0 Å². The molecule has 0 aliphatic carbocycles. The summed E-state index contributed by atoms with van der Waals surface area (Å²) >= 11 is 0. The Kier molecular flexibility index (Phi) is 3.16. The number of nitrogens with two attached hydrogens (primary N) is 1. The second kappa shape index (κ2) is 4.37. The van der Waals surface area contributed by atoms with Gasteiger partial charge in [0.25, 0.3) is 0 Å². The fourth-order valence-electron chi connectivity index (χ4n) is 0.971. The zero-order valence-electron chi connectivity index (χ0n) is 7.01. The maximum absolute atomic E-state index is 10.0. The van der Waals surface area contributed by atoms with Crippen LogP contribution in [0.2, 0.25) is 0 Å². The number of nitrogens with zero attached hydrogens (tertiary/aromatic N) is 1. The molecule has 0 spiro atoms. The lowest BCUT2D eigenvalue weighted by Gasteiger charge is -1.96. The summed E-state index contributed by atoms with van der Waals surface area (Å²) in [7, 11) is 0. The standard InChI is InChI=1S/C9H10N2O2/c10-7-9-3-1-2-8(6-9)4-5-11(12)13/h1-6H,7,10H2. The fourth-order valence-corrected chi connectivity index (χ4v) is 0.971. The SMILES string of the molecule is NCc1cccc(C=C[N+](=O)[O-])c1. The van der Waals surface area contributed by atoms with Gasteiger partial charge in [0.1, 0.15) is 0 Å². The topological polar surface area (TPSA) is 69.2 Å². The van der Waals surface area contributed by atoms with E-state index in [0.29, 0.717) is 6.54 Å². The molecule has 2 N–H and O–H groups in total. The molecule has 0 radical (unpaired) electrons. The highest BCUT2D eigenvalue weighted by Crippen LogP contribution is 2.06. The summed E-state index contributed by atoms with van der Waals surface area (Å²) in [6.07, 6.45) is 2.36. The Balaban J connectivity index is 2.83. The molecular formula is C9H10N2O2. The first kappa shape index (κ1) is 9.41. The van der Waals surface area contributed by atoms with Gasteiger partial charge in [-0.05, 0) is 11.1 Å². The van der Waals surface area contributed by atoms with Crippen LogP contribution in [0.15, 0.2) is 30.5 Å². The quantitative estimate of drug-likeness (QED) is 0.561. The van der Waals surface area contributed by atoms with Gasteiger partial charge in [-0.15, -0.1) is 0 Å². The van der Waals surface area contributed by atoms with E-state index in [4.69, 9.17) is 5.73 Å². The lowest BCUT2D eigenvalue weighted by molar-refractivity contribution is -0.400. The lowest BCUT2D eigenvalue weighted by Crippen LogP contribution is -1.95. The van der Waals surface area contributed by atoms with Crippen LogP contribution < -0.4 is 5.73 Å². The Labute approximate surface area is 75.8 Å². The second-order valence-electron chi connectivity index (χ2n) is 2.55. The van der Waals surface area contributed by atoms with Gasteiger partial charge >= 0.3 is 0 Å². The third-order valence-electron chi connectivity index (χ3n) is 1.58. The Morgan fingerprint density at radius 3 is 2.92 bits per heavy atom. The average Bonchev–Trinajstić information content (AvgIpc) is 2.15. The van der Waals surface area contributed by atoms with Crippen LogP contribution in [-0.2, 0) is 6.54 Å². The summed E-state index contributed by atoms with van der Waals surface area (Å²) < 4.78 is 0. The molecule has 13 heavy (non-hydrogen) atoms. The van der Waals surface area contributed by atoms with Crippen LogP contribution in [0.1, 0.15) is 11.1 Å². The normalized spacial score (nSPS) is 10.5. The van der Waals surface area contributed by atoms with Crippen molar-refractivity contribution < 1.29 is 4.92 Å². The molecule has 0 bridgehead atoms. The van der Waals surface area contributed by atoms with Gasteiger partial charge in [0.05, 0.1) is 4.92 Å². The highest BCUT2D eigenvalue weighted by Gasteiger charge is 1.92. The van der Waals surface area contributed by atoms with E-state index in [1.165, 1.54) is 6.08 Å². The van der Waals surface area contributed by atoms with Crippen molar-refractivity contribution in [2.24, 2.45) is 5.73 Å². The van der Waals surface area contributed by atoms with Crippen LogP contribution in [0.3, 0.4) is 0 Å². The smallest absolute Gasteiger partial charge is 0.235 e. The van der Waals surface area contributed by atoms with Gasteiger partial charge in [0.2, 0.25) is 6.20 Å². The summed E-state index contributed by atoms with van der Waals surface area (Å²) in [5, 5.41) is 10.0. The van der Waals surface area contributed by atoms with Gasteiger partial charge in [-0.1, -0.05) is 24.3 Å². The number of benzene rings is 1. The second-order valence-corrected chi connectivity index (χ2v) is 2.55. The lowest BCUT2D eigenvalue weighted by atomic mass is 10.1. The van der Waals surface area contributed by atoms with Crippen molar-refractivity contribution in [3.8, 4) is 0 Å². The number of hydrogen-bond donors (Lipinski definition) is 1. The summed E-state index contributed by atoms with van der Waals surface area (Å²) in [6.45, 7) is 0.445. The van der Waals surface area contributed by atoms with Gasteiger partial charge in [-0.2, -0.15) is 0 Å². The molecule has 0 aromatic heterocycles. The molecule has 0 saturated heterocycles. The van der Waals surface area contributed by atoms with Crippen LogP contribution in [0, 0.1) is 10.1 Å². The summed E-state index contributed by atoms with van der Waals surface area (Å²) in [4.78, 5) is 9.53. The molecule has 0 heterocycles. The maximum Gasteiger partial charge on any atom is 0.235 e. The first-order valence-electron chi connectivity index (χ1n) is 3.83. The fraction of sp³-hybridized carbons (Fsp3) is 0.111. The van der Waals surface area contributed by atoms with Crippen LogP contribution in [0.4, 0.5) is 0 Å². The van der Waals surface area contributed by atoms with E-state index in [1.807, 2.05) is 18.2 Å². The predicted octanol–water partition coefficient (Wildman–Crippen LogP) is 1.39. The Morgan fingerprint density at radius 2 is 2.31 bits per heavy atom. The number of hydrogen-bond acceptors (Lipinski definition) is 3. The molecule has 0 unspecified atom stereocenters. The average molecular weight is 178 g/mol. The molecule has 4 heteroatoms. The molecule has 0 atom stereocenters. The Hall–Kier alpha value is -1.68. The monoisotopic (exact) mass is 178 g/mol. The minimum atomic E-state index is -0.491. The molecule has 0 amide bonds. The molecule has 1 rings (SSSR count). The third-order valence-corrected chi connectivity index (χ3v) is 1.58. The Morgan fingerprint density at radius 1 is 1.54 bits per heavy atom. The van der Waals surface area contributed by atoms with Crippen LogP contribution in [-0.4, -0.2) is 4.92 Å². The largest absolute Gasteiger partial charge is 0.326 e. The molecule has 68 valence electrons. The van der Waals surface area contributed by atoms with Crippen LogP contribution in [0.25, 0.3) is 6.08 Å². The van der Waals surface area contributed by atoms with Crippen LogP contribution >= 0.6 is 0 Å². The van der Waals surface area contributed by atoms with Crippen molar-refractivity contribution in [1.82, 2.24) is 0 Å². The molecule has 0 aliphatic heterocycles. The van der Waals surface area contributed by atoms with Crippen molar-refractivity contribution in [2.75, 3.05) is 0 Å². The maximum atomic E-state index is 10.0. The van der Waals surface area contributed by atoms with E-state index in [2.05, 4.69) is 0 Å². The first-order chi connectivity index (χ1) is 6.22. The number of nitro groups is 1. The first-order valence-corrected chi connectivity index (χ1v) is 3.83. The zero-order chi connectivity index (χ0) is 9.68. The van der Waals surface area contributed by atoms with Crippen molar-refractivity contribution in [1.29, 1.82) is 0 Å². The molecule has 1 aromatic carbocycles. The number of rotatable bonds is 3. The van der Waals surface area contributed by atoms with E-state index in [0.717, 1.165) is 17.3 Å². The van der Waals surface area contributed by atoms with Crippen molar-refractivity contribution in [2.45, 2.75) is 6.54 Å². The summed E-state index contributed by atoms with van der Waals surface area (Å²) in [5.41, 5.74) is 7.17. The van der Waals surface area contributed by atoms with Gasteiger partial charge in [0, 0.05) is 12.6 Å². The highest BCUT2D eigenvalue weighted by atomic mass is 16.6. The molecule has 0 saturated carbocycles. The highest BCUT2D eigenvalue weighted by molar-refractivity contribution is 5.49. The predicted molar refractivity (Wildman–Crippen MR) is 50.4 cm³/mol. The van der Waals surface area contributed by atoms with Gasteiger partial charge < -0.3 is 5.73 Å². The molecule has 1 aromatic rings. The Bertz CT molecular complexity index is 334.